The third-order valence-electron chi connectivity index (χ3n) is 3.36. The number of aliphatic carboxylic acids is 1. The molecule has 0 radical (unpaired) electrons. The first-order chi connectivity index (χ1) is 11.9. The lowest BCUT2D eigenvalue weighted by atomic mass is 10.1. The van der Waals surface area contributed by atoms with Gasteiger partial charge in [0.05, 0.1) is 16.9 Å². The Balaban J connectivity index is 1.97. The van der Waals surface area contributed by atoms with E-state index in [1.165, 1.54) is 17.4 Å². The summed E-state index contributed by atoms with van der Waals surface area (Å²) in [7, 11) is 0. The van der Waals surface area contributed by atoms with Crippen molar-refractivity contribution in [3.8, 4) is 17.1 Å². The van der Waals surface area contributed by atoms with Crippen LogP contribution in [0.2, 0.25) is 0 Å². The molecule has 0 bridgehead atoms. The Hall–Kier alpha value is -2.87. The zero-order valence-electron chi connectivity index (χ0n) is 13.7. The maximum atomic E-state index is 12.3. The number of fused-ring (bicyclic) bond motifs is 1. The zero-order chi connectivity index (χ0) is 18.0. The number of aromatic nitrogens is 2. The molecule has 2 aromatic heterocycles. The van der Waals surface area contributed by atoms with Gasteiger partial charge in [-0.2, -0.15) is 0 Å². The molecule has 0 unspecified atom stereocenters. The van der Waals surface area contributed by atoms with Gasteiger partial charge in [-0.05, 0) is 26.0 Å². The number of hydrogen-bond donors (Lipinski definition) is 3. The van der Waals surface area contributed by atoms with E-state index in [4.69, 9.17) is 9.84 Å². The van der Waals surface area contributed by atoms with Crippen molar-refractivity contribution in [3.05, 3.63) is 39.9 Å². The van der Waals surface area contributed by atoms with E-state index in [0.717, 1.165) is 5.13 Å². The third-order valence-corrected chi connectivity index (χ3v) is 4.13. The Kier molecular flexibility index (Phi) is 4.71. The molecule has 0 aliphatic rings. The van der Waals surface area contributed by atoms with Crippen molar-refractivity contribution >= 4 is 33.3 Å². The Labute approximate surface area is 147 Å². The van der Waals surface area contributed by atoms with Crippen LogP contribution < -0.4 is 15.5 Å². The van der Waals surface area contributed by atoms with E-state index in [-0.39, 0.29) is 11.5 Å². The lowest BCUT2D eigenvalue weighted by molar-refractivity contribution is -0.139. The number of carboxylic acids is 1. The van der Waals surface area contributed by atoms with Crippen LogP contribution in [-0.4, -0.2) is 33.7 Å². The molecular weight excluding hydrogens is 342 g/mol. The summed E-state index contributed by atoms with van der Waals surface area (Å²) in [6.45, 7) is 3.61. The van der Waals surface area contributed by atoms with Crippen LogP contribution in [0.15, 0.2) is 34.4 Å². The van der Waals surface area contributed by atoms with Crippen molar-refractivity contribution in [2.45, 2.75) is 19.9 Å². The molecule has 0 aliphatic carbocycles. The van der Waals surface area contributed by atoms with Gasteiger partial charge in [0.2, 0.25) is 0 Å². The van der Waals surface area contributed by atoms with Crippen molar-refractivity contribution in [2.75, 3.05) is 11.9 Å². The summed E-state index contributed by atoms with van der Waals surface area (Å²) in [5.41, 5.74) is 1.70. The van der Waals surface area contributed by atoms with Gasteiger partial charge in [-0.3, -0.25) is 4.79 Å². The Morgan fingerprint density at radius 1 is 1.40 bits per heavy atom. The monoisotopic (exact) mass is 359 g/mol. The fourth-order valence-corrected chi connectivity index (χ4v) is 3.17. The molecule has 2 heterocycles. The van der Waals surface area contributed by atoms with E-state index >= 15 is 0 Å². The number of nitrogens with zero attached hydrogens (tertiary/aromatic N) is 1. The number of ether oxygens (including phenoxy) is 1. The van der Waals surface area contributed by atoms with Crippen LogP contribution in [0, 0.1) is 0 Å². The molecule has 1 aromatic carbocycles. The number of anilines is 1. The van der Waals surface area contributed by atoms with Gasteiger partial charge in [0.15, 0.2) is 17.2 Å². The number of hydrogen-bond acceptors (Lipinski definition) is 6. The summed E-state index contributed by atoms with van der Waals surface area (Å²) < 4.78 is 5.16. The van der Waals surface area contributed by atoms with Crippen LogP contribution in [0.3, 0.4) is 0 Å². The second-order valence-electron chi connectivity index (χ2n) is 5.77. The largest absolute Gasteiger partial charge is 0.482 e. The molecule has 3 aromatic rings. The lowest BCUT2D eigenvalue weighted by Gasteiger charge is -2.07. The molecule has 0 saturated carbocycles. The molecule has 130 valence electrons. The lowest BCUT2D eigenvalue weighted by Crippen LogP contribution is -2.10. The van der Waals surface area contributed by atoms with Gasteiger partial charge in [0.25, 0.3) is 0 Å². The zero-order valence-corrected chi connectivity index (χ0v) is 14.5. The van der Waals surface area contributed by atoms with E-state index in [9.17, 15) is 9.59 Å². The maximum absolute atomic E-state index is 12.3. The predicted molar refractivity (Wildman–Crippen MR) is 97.6 cm³/mol. The van der Waals surface area contributed by atoms with Crippen molar-refractivity contribution in [2.24, 2.45) is 0 Å². The highest BCUT2D eigenvalue weighted by Gasteiger charge is 2.10. The number of carboxylic acid groups (broad SMARTS) is 1. The number of pyridine rings is 1. The number of carbonyl (C=O) groups is 1. The predicted octanol–water partition coefficient (Wildman–Crippen LogP) is 2.94. The van der Waals surface area contributed by atoms with Crippen molar-refractivity contribution in [3.63, 3.8) is 0 Å². The minimum absolute atomic E-state index is 0.139. The number of rotatable bonds is 6. The molecule has 0 amide bonds. The van der Waals surface area contributed by atoms with Crippen LogP contribution in [0.5, 0.6) is 5.75 Å². The summed E-state index contributed by atoms with van der Waals surface area (Å²) >= 11 is 1.46. The number of aromatic amines is 1. The van der Waals surface area contributed by atoms with Gasteiger partial charge in [0.1, 0.15) is 5.75 Å². The maximum Gasteiger partial charge on any atom is 0.341 e. The van der Waals surface area contributed by atoms with E-state index in [0.29, 0.717) is 28.0 Å². The van der Waals surface area contributed by atoms with Crippen LogP contribution in [0.1, 0.15) is 13.8 Å². The molecule has 0 fully saturated rings. The SMILES string of the molecule is CC(C)Nc1nc(-c2cc(=O)c3ccc(OCC(=O)O)cc3[nH]2)cs1. The molecule has 3 N–H and O–H groups in total. The molecule has 8 heteroatoms. The van der Waals surface area contributed by atoms with Crippen molar-refractivity contribution < 1.29 is 14.6 Å². The molecule has 0 aliphatic heterocycles. The van der Waals surface area contributed by atoms with Gasteiger partial charge >= 0.3 is 5.97 Å². The topological polar surface area (TPSA) is 104 Å². The first-order valence-electron chi connectivity index (χ1n) is 7.66. The van der Waals surface area contributed by atoms with Gasteiger partial charge in [-0.25, -0.2) is 9.78 Å². The normalized spacial score (nSPS) is 11.0. The summed E-state index contributed by atoms with van der Waals surface area (Å²) in [6, 6.07) is 6.58. The van der Waals surface area contributed by atoms with Gasteiger partial charge < -0.3 is 20.1 Å². The van der Waals surface area contributed by atoms with Gasteiger partial charge in [-0.15, -0.1) is 11.3 Å². The second kappa shape index (κ2) is 6.94. The van der Waals surface area contributed by atoms with Crippen molar-refractivity contribution in [1.82, 2.24) is 9.97 Å². The van der Waals surface area contributed by atoms with E-state index in [1.54, 1.807) is 18.2 Å². The van der Waals surface area contributed by atoms with E-state index in [2.05, 4.69) is 15.3 Å². The smallest absolute Gasteiger partial charge is 0.341 e. The molecule has 0 spiro atoms. The minimum Gasteiger partial charge on any atom is -0.482 e. The fraction of sp³-hybridized carbons (Fsp3) is 0.235. The fourth-order valence-electron chi connectivity index (χ4n) is 2.32. The molecule has 3 rings (SSSR count). The van der Waals surface area contributed by atoms with Gasteiger partial charge in [0, 0.05) is 28.9 Å². The first-order valence-corrected chi connectivity index (χ1v) is 8.54. The van der Waals surface area contributed by atoms with Crippen LogP contribution >= 0.6 is 11.3 Å². The average Bonchev–Trinajstić information content (AvgIpc) is 3.00. The Morgan fingerprint density at radius 3 is 2.92 bits per heavy atom. The highest BCUT2D eigenvalue weighted by molar-refractivity contribution is 7.14. The van der Waals surface area contributed by atoms with Gasteiger partial charge in [-0.1, -0.05) is 0 Å². The number of H-pyrrole nitrogens is 1. The summed E-state index contributed by atoms with van der Waals surface area (Å²) in [4.78, 5) is 30.6. The molecule has 7 nitrogen and oxygen atoms in total. The Morgan fingerprint density at radius 2 is 2.20 bits per heavy atom. The third kappa shape index (κ3) is 3.97. The standard InChI is InChI=1S/C17H17N3O4S/c1-9(2)18-17-20-14(8-25-17)13-6-15(21)11-4-3-10(5-12(11)19-13)24-7-16(22)23/h3-6,8-9H,7H2,1-2H3,(H,18,20)(H,19,21)(H,22,23). The molecule has 25 heavy (non-hydrogen) atoms. The summed E-state index contributed by atoms with van der Waals surface area (Å²) in [5.74, 6) is -0.682. The Bertz CT molecular complexity index is 977. The molecular formula is C17H17N3O4S. The molecule has 0 saturated heterocycles. The number of benzene rings is 1. The highest BCUT2D eigenvalue weighted by Crippen LogP contribution is 2.25. The van der Waals surface area contributed by atoms with Crippen molar-refractivity contribution in [1.29, 1.82) is 0 Å². The highest BCUT2D eigenvalue weighted by atomic mass is 32.1. The number of thiazole rings is 1. The average molecular weight is 359 g/mol. The number of nitrogens with one attached hydrogen (secondary N) is 2. The molecule has 0 atom stereocenters. The first kappa shape index (κ1) is 17.0. The summed E-state index contributed by atoms with van der Waals surface area (Å²) in [5, 5.41) is 15.1. The van der Waals surface area contributed by atoms with E-state index < -0.39 is 12.6 Å². The van der Waals surface area contributed by atoms with Crippen LogP contribution in [-0.2, 0) is 4.79 Å². The van der Waals surface area contributed by atoms with E-state index in [1.807, 2.05) is 19.2 Å². The van der Waals surface area contributed by atoms with Crippen LogP contribution in [0.25, 0.3) is 22.3 Å². The minimum atomic E-state index is -1.06. The second-order valence-corrected chi connectivity index (χ2v) is 6.63. The van der Waals surface area contributed by atoms with Crippen LogP contribution in [0.4, 0.5) is 5.13 Å². The summed E-state index contributed by atoms with van der Waals surface area (Å²) in [6.07, 6.45) is 0. The quantitative estimate of drug-likeness (QED) is 0.625.